The maximum Gasteiger partial charge on any atom is 0.254 e. The Bertz CT molecular complexity index is 510. The first-order valence-corrected chi connectivity index (χ1v) is 7.73. The number of halogens is 2. The number of carbonyl (C=O) groups excluding carboxylic acids is 1. The Morgan fingerprint density at radius 2 is 2.15 bits per heavy atom. The summed E-state index contributed by atoms with van der Waals surface area (Å²) in [5.41, 5.74) is 4.95. The lowest BCUT2D eigenvalue weighted by atomic mass is 10.1. The number of nitrogens with two attached hydrogens (primary N) is 1. The zero-order valence-corrected chi connectivity index (χ0v) is 12.1. The lowest BCUT2D eigenvalue weighted by Crippen LogP contribution is -2.33. The van der Waals surface area contributed by atoms with Crippen molar-refractivity contribution in [2.75, 3.05) is 11.5 Å². The van der Waals surface area contributed by atoms with Gasteiger partial charge in [0, 0.05) is 17.4 Å². The van der Waals surface area contributed by atoms with E-state index in [4.69, 9.17) is 5.73 Å². The molecule has 0 radical (unpaired) electrons. The number of amides is 1. The minimum atomic E-state index is -0.883. The molecule has 0 aliphatic heterocycles. The van der Waals surface area contributed by atoms with E-state index in [0.29, 0.717) is 11.3 Å². The lowest BCUT2D eigenvalue weighted by molar-refractivity contribution is 0.0934. The van der Waals surface area contributed by atoms with Crippen LogP contribution in [0.15, 0.2) is 12.1 Å². The number of rotatable bonds is 4. The van der Waals surface area contributed by atoms with E-state index in [2.05, 4.69) is 12.2 Å². The molecule has 1 aromatic rings. The van der Waals surface area contributed by atoms with Gasteiger partial charge in [-0.3, -0.25) is 4.79 Å². The van der Waals surface area contributed by atoms with Gasteiger partial charge in [-0.1, -0.05) is 6.92 Å². The van der Waals surface area contributed by atoms with E-state index in [-0.39, 0.29) is 17.3 Å². The number of hydrogen-bond donors (Lipinski definition) is 2. The number of carbonyl (C=O) groups is 1. The van der Waals surface area contributed by atoms with E-state index in [1.54, 1.807) is 0 Å². The first-order chi connectivity index (χ1) is 9.51. The summed E-state index contributed by atoms with van der Waals surface area (Å²) in [6.45, 7) is 2.10. The molecule has 1 aliphatic rings. The Balaban J connectivity index is 2.01. The molecule has 110 valence electrons. The van der Waals surface area contributed by atoms with Gasteiger partial charge in [0.15, 0.2) is 0 Å². The van der Waals surface area contributed by atoms with Crippen molar-refractivity contribution in [3.8, 4) is 0 Å². The highest BCUT2D eigenvalue weighted by molar-refractivity contribution is 7.99. The molecule has 1 aromatic carbocycles. The Morgan fingerprint density at radius 1 is 1.40 bits per heavy atom. The van der Waals surface area contributed by atoms with Crippen molar-refractivity contribution < 1.29 is 13.6 Å². The number of anilines is 1. The predicted octanol–water partition coefficient (Wildman–Crippen LogP) is 2.95. The van der Waals surface area contributed by atoms with Gasteiger partial charge in [0.2, 0.25) is 0 Å². The van der Waals surface area contributed by atoms with Crippen LogP contribution in [0.2, 0.25) is 0 Å². The van der Waals surface area contributed by atoms with Crippen LogP contribution in [-0.4, -0.2) is 23.0 Å². The molecule has 0 bridgehead atoms. The van der Waals surface area contributed by atoms with Crippen molar-refractivity contribution in [3.05, 3.63) is 29.3 Å². The maximum atomic E-state index is 13.6. The molecule has 0 heterocycles. The first kappa shape index (κ1) is 15.1. The van der Waals surface area contributed by atoms with Crippen LogP contribution >= 0.6 is 11.8 Å². The molecule has 2 atom stereocenters. The molecule has 0 aromatic heterocycles. The van der Waals surface area contributed by atoms with Gasteiger partial charge in [-0.15, -0.1) is 0 Å². The molecule has 1 aliphatic carbocycles. The van der Waals surface area contributed by atoms with Crippen LogP contribution in [0.4, 0.5) is 14.5 Å². The zero-order chi connectivity index (χ0) is 14.7. The molecule has 1 saturated carbocycles. The van der Waals surface area contributed by atoms with Crippen molar-refractivity contribution in [1.82, 2.24) is 5.32 Å². The van der Waals surface area contributed by atoms with E-state index >= 15 is 0 Å². The second-order valence-corrected chi connectivity index (χ2v) is 6.49. The summed E-state index contributed by atoms with van der Waals surface area (Å²) in [4.78, 5) is 12.0. The molecule has 3 nitrogen and oxygen atoms in total. The Hall–Kier alpha value is -1.30. The van der Waals surface area contributed by atoms with Crippen LogP contribution in [-0.2, 0) is 0 Å². The largest absolute Gasteiger partial charge is 0.396 e. The van der Waals surface area contributed by atoms with Crippen molar-refractivity contribution >= 4 is 23.4 Å². The van der Waals surface area contributed by atoms with E-state index in [0.717, 1.165) is 31.1 Å². The summed E-state index contributed by atoms with van der Waals surface area (Å²) in [7, 11) is 0. The third kappa shape index (κ3) is 3.42. The van der Waals surface area contributed by atoms with E-state index in [1.165, 1.54) is 0 Å². The minimum Gasteiger partial charge on any atom is -0.396 e. The van der Waals surface area contributed by atoms with Gasteiger partial charge in [0.25, 0.3) is 5.91 Å². The number of nitrogens with one attached hydrogen (secondary N) is 1. The van der Waals surface area contributed by atoms with E-state index < -0.39 is 17.5 Å². The Labute approximate surface area is 121 Å². The van der Waals surface area contributed by atoms with Gasteiger partial charge in [0.1, 0.15) is 11.6 Å². The molecular formula is C14H18F2N2OS. The van der Waals surface area contributed by atoms with Gasteiger partial charge in [-0.05, 0) is 31.1 Å². The second kappa shape index (κ2) is 6.43. The third-order valence-electron chi connectivity index (χ3n) is 3.45. The highest BCUT2D eigenvalue weighted by Crippen LogP contribution is 2.30. The summed E-state index contributed by atoms with van der Waals surface area (Å²) in [6, 6.07) is 1.75. The smallest absolute Gasteiger partial charge is 0.254 e. The molecule has 6 heteroatoms. The Morgan fingerprint density at radius 3 is 2.85 bits per heavy atom. The SMILES string of the molecule is CCSC1CCC(NC(=O)c2cc(N)c(F)cc2F)C1. The predicted molar refractivity (Wildman–Crippen MR) is 77.8 cm³/mol. The maximum absolute atomic E-state index is 13.6. The Kier molecular flexibility index (Phi) is 4.86. The summed E-state index contributed by atoms with van der Waals surface area (Å²) in [5.74, 6) is -1.21. The molecule has 20 heavy (non-hydrogen) atoms. The standard InChI is InChI=1S/C14H18F2N2OS/c1-2-20-9-4-3-8(5-9)18-14(19)10-6-13(17)12(16)7-11(10)15/h6-9H,2-5,17H2,1H3,(H,18,19). The van der Waals surface area contributed by atoms with Crippen LogP contribution in [0.5, 0.6) is 0 Å². The average molecular weight is 300 g/mol. The summed E-state index contributed by atoms with van der Waals surface area (Å²) in [6.07, 6.45) is 2.84. The highest BCUT2D eigenvalue weighted by Gasteiger charge is 2.27. The number of thioether (sulfide) groups is 1. The van der Waals surface area contributed by atoms with Gasteiger partial charge in [-0.2, -0.15) is 11.8 Å². The quantitative estimate of drug-likeness (QED) is 0.841. The molecule has 3 N–H and O–H groups in total. The number of nitrogen functional groups attached to an aromatic ring is 1. The molecule has 2 unspecified atom stereocenters. The average Bonchev–Trinajstić information content (AvgIpc) is 2.81. The van der Waals surface area contributed by atoms with Crippen LogP contribution in [0.1, 0.15) is 36.5 Å². The van der Waals surface area contributed by atoms with Crippen LogP contribution in [0, 0.1) is 11.6 Å². The molecule has 1 amide bonds. The summed E-state index contributed by atoms with van der Waals surface area (Å²) >= 11 is 1.88. The zero-order valence-electron chi connectivity index (χ0n) is 11.3. The van der Waals surface area contributed by atoms with E-state index in [9.17, 15) is 13.6 Å². The highest BCUT2D eigenvalue weighted by atomic mass is 32.2. The fourth-order valence-electron chi connectivity index (χ4n) is 2.46. The monoisotopic (exact) mass is 300 g/mol. The van der Waals surface area contributed by atoms with Crippen LogP contribution in [0.3, 0.4) is 0 Å². The van der Waals surface area contributed by atoms with Crippen LogP contribution < -0.4 is 11.1 Å². The molecule has 1 fully saturated rings. The molecule has 0 spiro atoms. The van der Waals surface area contributed by atoms with E-state index in [1.807, 2.05) is 11.8 Å². The summed E-state index contributed by atoms with van der Waals surface area (Å²) in [5, 5.41) is 3.35. The first-order valence-electron chi connectivity index (χ1n) is 6.68. The number of hydrogen-bond acceptors (Lipinski definition) is 3. The topological polar surface area (TPSA) is 55.1 Å². The normalized spacial score (nSPS) is 21.9. The van der Waals surface area contributed by atoms with Gasteiger partial charge in [0.05, 0.1) is 11.3 Å². The molecule has 0 saturated heterocycles. The van der Waals surface area contributed by atoms with Crippen molar-refractivity contribution in [2.45, 2.75) is 37.5 Å². The fourth-order valence-corrected chi connectivity index (χ4v) is 3.60. The van der Waals surface area contributed by atoms with Crippen molar-refractivity contribution in [2.24, 2.45) is 0 Å². The van der Waals surface area contributed by atoms with Gasteiger partial charge in [-0.25, -0.2) is 8.78 Å². The fraction of sp³-hybridized carbons (Fsp3) is 0.500. The van der Waals surface area contributed by atoms with Crippen molar-refractivity contribution in [3.63, 3.8) is 0 Å². The van der Waals surface area contributed by atoms with Crippen LogP contribution in [0.25, 0.3) is 0 Å². The second-order valence-electron chi connectivity index (χ2n) is 4.91. The van der Waals surface area contributed by atoms with Gasteiger partial charge >= 0.3 is 0 Å². The lowest BCUT2D eigenvalue weighted by Gasteiger charge is -2.14. The minimum absolute atomic E-state index is 0.0530. The third-order valence-corrected chi connectivity index (χ3v) is 4.69. The summed E-state index contributed by atoms with van der Waals surface area (Å²) < 4.78 is 26.7. The van der Waals surface area contributed by atoms with Crippen molar-refractivity contribution in [1.29, 1.82) is 0 Å². The molecule has 2 rings (SSSR count). The molecular weight excluding hydrogens is 282 g/mol. The number of benzene rings is 1. The van der Waals surface area contributed by atoms with Gasteiger partial charge < -0.3 is 11.1 Å².